The van der Waals surface area contributed by atoms with Crippen molar-refractivity contribution in [1.82, 2.24) is 0 Å². The van der Waals surface area contributed by atoms with Crippen molar-refractivity contribution in [3.05, 3.63) is 127 Å². The van der Waals surface area contributed by atoms with Crippen LogP contribution in [0.3, 0.4) is 0 Å². The maximum Gasteiger partial charge on any atom is 0.135 e. The lowest BCUT2D eigenvalue weighted by molar-refractivity contribution is 0.357. The molecule has 3 heteroatoms. The summed E-state index contributed by atoms with van der Waals surface area (Å²) in [5, 5.41) is 5.14. The van der Waals surface area contributed by atoms with Gasteiger partial charge in [-0.2, -0.15) is 0 Å². The molecule has 0 radical (unpaired) electrons. The molecular formula is C32H24O2S. The van der Waals surface area contributed by atoms with E-state index >= 15 is 0 Å². The van der Waals surface area contributed by atoms with Crippen LogP contribution in [0.2, 0.25) is 0 Å². The average Bonchev–Trinajstić information content (AvgIpc) is 3.64. The summed E-state index contributed by atoms with van der Waals surface area (Å²) in [6, 6.07) is 41.5. The molecular weight excluding hydrogens is 448 g/mol. The lowest BCUT2D eigenvalue weighted by atomic mass is 10.2. The predicted octanol–water partition coefficient (Wildman–Crippen LogP) is 9.26. The van der Waals surface area contributed by atoms with Crippen LogP contribution in [-0.4, -0.2) is 6.61 Å². The van der Waals surface area contributed by atoms with E-state index in [1.165, 1.54) is 36.5 Å². The van der Waals surface area contributed by atoms with Crippen LogP contribution < -0.4 is 4.74 Å². The predicted molar refractivity (Wildman–Crippen MR) is 149 cm³/mol. The maximum atomic E-state index is 5.65. The minimum absolute atomic E-state index is 0.860. The fourth-order valence-electron chi connectivity index (χ4n) is 4.47. The Bertz CT molecular complexity index is 1510. The molecule has 8 rings (SSSR count). The summed E-state index contributed by atoms with van der Waals surface area (Å²) in [5.41, 5.74) is 3.27. The second kappa shape index (κ2) is 9.65. The number of thiophene rings is 1. The summed E-state index contributed by atoms with van der Waals surface area (Å²) >= 11 is 1.86. The van der Waals surface area contributed by atoms with E-state index in [1.54, 1.807) is 0 Å². The molecule has 0 unspecified atom stereocenters. The molecule has 5 aromatic carbocycles. The van der Waals surface area contributed by atoms with E-state index in [-0.39, 0.29) is 0 Å². The molecule has 0 fully saturated rings. The van der Waals surface area contributed by atoms with Gasteiger partial charge in [0.05, 0.1) is 6.61 Å². The molecule has 0 aliphatic carbocycles. The van der Waals surface area contributed by atoms with E-state index in [9.17, 15) is 0 Å². The summed E-state index contributed by atoms with van der Waals surface area (Å²) in [6.45, 7) is 0.860. The van der Waals surface area contributed by atoms with Gasteiger partial charge in [-0.25, -0.2) is 0 Å². The van der Waals surface area contributed by atoms with Crippen molar-refractivity contribution in [2.24, 2.45) is 0 Å². The van der Waals surface area contributed by atoms with E-state index in [1.807, 2.05) is 65.9 Å². The molecule has 0 saturated carbocycles. The van der Waals surface area contributed by atoms with Gasteiger partial charge in [0.2, 0.25) is 0 Å². The van der Waals surface area contributed by atoms with Crippen LogP contribution in [0.25, 0.3) is 42.1 Å². The topological polar surface area (TPSA) is 22.4 Å². The Morgan fingerprint density at radius 3 is 1.57 bits per heavy atom. The average molecular weight is 473 g/mol. The normalized spacial score (nSPS) is 12.0. The highest BCUT2D eigenvalue weighted by atomic mass is 32.1. The molecule has 1 aliphatic heterocycles. The molecule has 0 atom stereocenters. The second-order valence-corrected chi connectivity index (χ2v) is 9.48. The van der Waals surface area contributed by atoms with Crippen LogP contribution in [0.15, 0.2) is 126 Å². The number of para-hydroxylation sites is 3. The van der Waals surface area contributed by atoms with Crippen LogP contribution in [0.5, 0.6) is 5.75 Å². The van der Waals surface area contributed by atoms with Gasteiger partial charge in [-0.1, -0.05) is 91.0 Å². The minimum atomic E-state index is 0.860. The summed E-state index contributed by atoms with van der Waals surface area (Å²) < 4.78 is 13.7. The monoisotopic (exact) mass is 472 g/mol. The van der Waals surface area contributed by atoms with Crippen LogP contribution in [0, 0.1) is 0 Å². The molecule has 170 valence electrons. The Kier molecular flexibility index (Phi) is 5.92. The van der Waals surface area contributed by atoms with Crippen LogP contribution in [0.4, 0.5) is 0 Å². The smallest absolute Gasteiger partial charge is 0.135 e. The van der Waals surface area contributed by atoms with Gasteiger partial charge in [-0.3, -0.25) is 0 Å². The van der Waals surface area contributed by atoms with Crippen LogP contribution >= 0.6 is 11.3 Å². The number of ether oxygens (including phenoxy) is 1. The molecule has 0 saturated heterocycles. The maximum absolute atomic E-state index is 5.65. The number of hydrogen-bond donors (Lipinski definition) is 0. The summed E-state index contributed by atoms with van der Waals surface area (Å²) in [7, 11) is 0. The lowest BCUT2D eigenvalue weighted by Crippen LogP contribution is -1.85. The van der Waals surface area contributed by atoms with Crippen LogP contribution in [-0.2, 0) is 6.42 Å². The molecule has 0 N–H and O–H groups in total. The third-order valence-corrected chi connectivity index (χ3v) is 7.32. The summed E-state index contributed by atoms with van der Waals surface area (Å²) in [4.78, 5) is 0. The first-order valence-electron chi connectivity index (χ1n) is 11.8. The first-order valence-corrected chi connectivity index (χ1v) is 12.6. The fraction of sp³-hybridized carbons (Fsp3) is 0.0625. The molecule has 7 aromatic rings. The van der Waals surface area contributed by atoms with E-state index in [0.29, 0.717) is 0 Å². The van der Waals surface area contributed by atoms with Crippen molar-refractivity contribution in [3.63, 3.8) is 0 Å². The molecule has 1 aliphatic rings. The Balaban J connectivity index is 0.0000000999. The summed E-state index contributed by atoms with van der Waals surface area (Å²) in [5.74, 6) is 1.07. The Morgan fingerprint density at radius 2 is 0.971 bits per heavy atom. The number of fused-ring (bicyclic) bond motifs is 7. The lowest BCUT2D eigenvalue weighted by Gasteiger charge is -1.93. The third-order valence-electron chi connectivity index (χ3n) is 6.17. The zero-order valence-corrected chi connectivity index (χ0v) is 20.0. The van der Waals surface area contributed by atoms with Crippen molar-refractivity contribution in [2.75, 3.05) is 6.61 Å². The molecule has 0 spiro atoms. The molecule has 0 amide bonds. The van der Waals surface area contributed by atoms with E-state index < -0.39 is 0 Å². The van der Waals surface area contributed by atoms with Gasteiger partial charge in [0.1, 0.15) is 16.9 Å². The Labute approximate surface area is 208 Å². The van der Waals surface area contributed by atoms with E-state index in [0.717, 1.165) is 29.9 Å². The highest BCUT2D eigenvalue weighted by Crippen LogP contribution is 2.33. The van der Waals surface area contributed by atoms with Crippen molar-refractivity contribution in [3.8, 4) is 5.75 Å². The number of hydrogen-bond acceptors (Lipinski definition) is 3. The largest absolute Gasteiger partial charge is 0.493 e. The second-order valence-electron chi connectivity index (χ2n) is 8.39. The van der Waals surface area contributed by atoms with Gasteiger partial charge in [0.25, 0.3) is 0 Å². The van der Waals surface area contributed by atoms with Gasteiger partial charge in [0, 0.05) is 37.4 Å². The fourth-order valence-corrected chi connectivity index (χ4v) is 5.58. The van der Waals surface area contributed by atoms with Crippen molar-refractivity contribution in [2.45, 2.75) is 6.42 Å². The van der Waals surface area contributed by atoms with Gasteiger partial charge >= 0.3 is 0 Å². The molecule has 2 nitrogen and oxygen atoms in total. The van der Waals surface area contributed by atoms with Gasteiger partial charge in [-0.15, -0.1) is 11.3 Å². The first kappa shape index (κ1) is 21.5. The molecule has 2 aromatic heterocycles. The zero-order chi connectivity index (χ0) is 23.5. The SMILES string of the molecule is c1ccc2c(c1)CCO2.c1ccc2c(c1)oc1ccccc12.c1ccc2c(c1)sc1ccccc12. The van der Waals surface area contributed by atoms with Gasteiger partial charge < -0.3 is 9.15 Å². The molecule has 3 heterocycles. The first-order chi connectivity index (χ1) is 17.4. The van der Waals surface area contributed by atoms with Crippen LogP contribution in [0.1, 0.15) is 5.56 Å². The van der Waals surface area contributed by atoms with Gasteiger partial charge in [-0.05, 0) is 35.9 Å². The van der Waals surface area contributed by atoms with Gasteiger partial charge in [0.15, 0.2) is 0 Å². The van der Waals surface area contributed by atoms with E-state index in [2.05, 4.69) is 66.7 Å². The van der Waals surface area contributed by atoms with E-state index in [4.69, 9.17) is 9.15 Å². The number of rotatable bonds is 0. The number of benzene rings is 5. The highest BCUT2D eigenvalue weighted by Gasteiger charge is 2.08. The highest BCUT2D eigenvalue weighted by molar-refractivity contribution is 7.25. The van der Waals surface area contributed by atoms with Crippen molar-refractivity contribution in [1.29, 1.82) is 0 Å². The van der Waals surface area contributed by atoms with Crippen molar-refractivity contribution >= 4 is 53.4 Å². The Morgan fingerprint density at radius 1 is 0.486 bits per heavy atom. The summed E-state index contributed by atoms with van der Waals surface area (Å²) in [6.07, 6.45) is 1.08. The standard InChI is InChI=1S/C12H8O.C12H8S.C8H8O/c2*1-3-7-11-9(5-1)10-6-2-4-8-12(10)13-11;1-2-4-8-7(3-1)5-6-9-8/h2*1-8H;1-4H,5-6H2. The number of furan rings is 1. The quantitative estimate of drug-likeness (QED) is 0.219. The minimum Gasteiger partial charge on any atom is -0.493 e. The molecule has 35 heavy (non-hydrogen) atoms. The molecule has 0 bridgehead atoms. The van der Waals surface area contributed by atoms with Crippen molar-refractivity contribution < 1.29 is 9.15 Å². The zero-order valence-electron chi connectivity index (χ0n) is 19.2. The third kappa shape index (κ3) is 4.39. The Hall–Kier alpha value is -4.08.